The molecule has 0 heterocycles. The van der Waals surface area contributed by atoms with Crippen LogP contribution in [0.5, 0.6) is 0 Å². The van der Waals surface area contributed by atoms with Gasteiger partial charge in [-0.3, -0.25) is 9.59 Å². The minimum atomic E-state index is -1.33. The Morgan fingerprint density at radius 1 is 0.590 bits per heavy atom. The van der Waals surface area contributed by atoms with Gasteiger partial charge in [-0.15, -0.1) is 0 Å². The number of aliphatic hydroxyl groups excluding tert-OH is 6. The molecule has 4 saturated carbocycles. The zero-order valence-corrected chi connectivity index (χ0v) is 40.0. The minimum Gasteiger partial charge on any atom is -0.550 e. The van der Waals surface area contributed by atoms with Crippen molar-refractivity contribution in [1.29, 1.82) is 0 Å². The first-order valence-corrected chi connectivity index (χ1v) is 23.1. The Kier molecular flexibility index (Phi) is 25.2. The number of ether oxygens (including phenoxy) is 2. The van der Waals surface area contributed by atoms with Gasteiger partial charge in [0.05, 0.1) is 48.5 Å². The average molecular weight is 895 g/mol. The van der Waals surface area contributed by atoms with E-state index in [1.807, 2.05) is 27.7 Å². The van der Waals surface area contributed by atoms with Gasteiger partial charge in [0.1, 0.15) is 12.2 Å². The van der Waals surface area contributed by atoms with Gasteiger partial charge in [-0.2, -0.15) is 0 Å². The quantitative estimate of drug-likeness (QED) is 0.0759. The van der Waals surface area contributed by atoms with Crippen LogP contribution in [0.3, 0.4) is 0 Å². The van der Waals surface area contributed by atoms with E-state index in [-0.39, 0.29) is 110 Å². The van der Waals surface area contributed by atoms with Crippen LogP contribution in [0.4, 0.5) is 0 Å². The molecule has 4 aliphatic rings. The van der Waals surface area contributed by atoms with Gasteiger partial charge in [0.25, 0.3) is 0 Å². The van der Waals surface area contributed by atoms with E-state index in [0.29, 0.717) is 62.2 Å². The molecular formula is C46H78CaO14. The molecule has 4 fully saturated rings. The molecular weight excluding hydrogens is 817 g/mol. The number of esters is 2. The number of carboxylic acid groups (broad SMARTS) is 2. The fourth-order valence-corrected chi connectivity index (χ4v) is 10.9. The molecule has 2 unspecified atom stereocenters. The number of fused-ring (bicyclic) bond motifs is 2. The van der Waals surface area contributed by atoms with Gasteiger partial charge in [0.15, 0.2) is 0 Å². The van der Waals surface area contributed by atoms with E-state index in [4.69, 9.17) is 9.47 Å². The van der Waals surface area contributed by atoms with Crippen LogP contribution in [0.15, 0.2) is 0 Å². The summed E-state index contributed by atoms with van der Waals surface area (Å²) < 4.78 is 11.8. The van der Waals surface area contributed by atoms with Crippen LogP contribution in [-0.2, 0) is 28.7 Å². The summed E-state index contributed by atoms with van der Waals surface area (Å²) in [5.41, 5.74) is 0. The number of carboxylic acids is 2. The summed E-state index contributed by atoms with van der Waals surface area (Å²) in [7, 11) is 0. The molecule has 15 heteroatoms. The average Bonchev–Trinajstić information content (AvgIpc) is 3.15. The van der Waals surface area contributed by atoms with Crippen LogP contribution in [-0.4, -0.2) is 141 Å². The van der Waals surface area contributed by atoms with E-state index in [0.717, 1.165) is 51.4 Å². The summed E-state index contributed by atoms with van der Waals surface area (Å²) in [6.07, 6.45) is 3.91. The summed E-state index contributed by atoms with van der Waals surface area (Å²) in [5.74, 6) is -1.20. The summed E-state index contributed by atoms with van der Waals surface area (Å²) >= 11 is 0. The summed E-state index contributed by atoms with van der Waals surface area (Å²) in [6, 6.07) is 0. The zero-order valence-electron chi connectivity index (χ0n) is 37.8. The zero-order chi connectivity index (χ0) is 44.8. The number of hydrogen-bond acceptors (Lipinski definition) is 14. The molecule has 0 saturated heterocycles. The van der Waals surface area contributed by atoms with Crippen LogP contribution >= 0.6 is 0 Å². The summed E-state index contributed by atoms with van der Waals surface area (Å²) in [6.45, 7) is 12.0. The maximum absolute atomic E-state index is 12.5. The van der Waals surface area contributed by atoms with E-state index in [9.17, 15) is 60.0 Å². The number of carbonyl (C=O) groups is 4. The standard InChI is InChI=1S/2C23H40O7.Ca/c2*1-4-13(2)23(29)30-20-11-17(25)9-15-6-5-14(3)19(22(15)20)8-7-16(24)10-18(26)12-21(27)28;/h2*13-20,22,24-26H,4-12H2,1-3H3,(H,27,28);/q;;+2/p-2/t2*13-,14-,15?,16+,17-,18+,19-,20-,22-;/m00./s1. The first kappa shape index (κ1) is 56.0. The first-order valence-electron chi connectivity index (χ1n) is 23.1. The Labute approximate surface area is 393 Å². The molecule has 4 rings (SSSR count). The van der Waals surface area contributed by atoms with Gasteiger partial charge in [-0.1, -0.05) is 54.4 Å². The molecule has 0 aromatic carbocycles. The van der Waals surface area contributed by atoms with Crippen molar-refractivity contribution < 1.29 is 69.5 Å². The largest absolute Gasteiger partial charge is 2.00 e. The number of carbonyl (C=O) groups excluding carboxylic acids is 4. The molecule has 61 heavy (non-hydrogen) atoms. The second-order valence-corrected chi connectivity index (χ2v) is 19.3. The van der Waals surface area contributed by atoms with Crippen molar-refractivity contribution in [2.75, 3.05) is 0 Å². The molecule has 0 aromatic rings. The van der Waals surface area contributed by atoms with Crippen LogP contribution in [0.2, 0.25) is 0 Å². The Bertz CT molecular complexity index is 1240. The van der Waals surface area contributed by atoms with Crippen molar-refractivity contribution in [3.8, 4) is 0 Å². The molecule has 0 radical (unpaired) electrons. The van der Waals surface area contributed by atoms with Gasteiger partial charge >= 0.3 is 49.7 Å². The van der Waals surface area contributed by atoms with Crippen molar-refractivity contribution >= 4 is 61.6 Å². The van der Waals surface area contributed by atoms with Crippen molar-refractivity contribution in [2.24, 2.45) is 59.2 Å². The fourth-order valence-electron chi connectivity index (χ4n) is 10.9. The maximum Gasteiger partial charge on any atom is 2.00 e. The predicted octanol–water partition coefficient (Wildman–Crippen LogP) is 2.44. The molecule has 18 atom stereocenters. The van der Waals surface area contributed by atoms with Gasteiger partial charge in [0.2, 0.25) is 0 Å². The Hall–Kier alpha value is -1.10. The molecule has 0 spiro atoms. The first-order chi connectivity index (χ1) is 28.2. The van der Waals surface area contributed by atoms with Crippen LogP contribution in [0.1, 0.15) is 157 Å². The van der Waals surface area contributed by atoms with E-state index < -0.39 is 61.4 Å². The third-order valence-corrected chi connectivity index (χ3v) is 14.7. The molecule has 0 aliphatic heterocycles. The third-order valence-electron chi connectivity index (χ3n) is 14.7. The van der Waals surface area contributed by atoms with E-state index in [1.54, 1.807) is 0 Å². The minimum absolute atomic E-state index is 0. The topological polar surface area (TPSA) is 254 Å². The van der Waals surface area contributed by atoms with Gasteiger partial charge in [-0.05, 0) is 113 Å². The Balaban J connectivity index is 0.000000413. The maximum atomic E-state index is 12.5. The normalized spacial score (nSPS) is 33.9. The van der Waals surface area contributed by atoms with Gasteiger partial charge in [-0.25, -0.2) is 0 Å². The SMILES string of the molecule is CC[C@H](C)C(=O)O[C@H]1C[C@@H](O)CC2CC[C@H](C)[C@H](CC[C@@H](O)C[C@@H](O)CC(=O)[O-])[C@H]21.CC[C@H](C)C(=O)O[C@H]1C[C@@H](O)CC2CC[C@H](C)[C@H](CC[C@@H](O)C[C@@H](O)CC(=O)[O-])[C@H]21.[Ca+2]. The molecule has 0 bridgehead atoms. The number of rotatable bonds is 20. The van der Waals surface area contributed by atoms with Crippen LogP contribution in [0, 0.1) is 59.2 Å². The second-order valence-electron chi connectivity index (χ2n) is 19.3. The number of aliphatic carboxylic acids is 2. The van der Waals surface area contributed by atoms with Crippen molar-refractivity contribution in [3.05, 3.63) is 0 Å². The van der Waals surface area contributed by atoms with Gasteiger partial charge in [0, 0.05) is 49.5 Å². The van der Waals surface area contributed by atoms with E-state index in [1.165, 1.54) is 0 Å². The monoisotopic (exact) mass is 895 g/mol. The molecule has 14 nitrogen and oxygen atoms in total. The van der Waals surface area contributed by atoms with Crippen molar-refractivity contribution in [2.45, 2.75) is 206 Å². The van der Waals surface area contributed by atoms with Crippen molar-refractivity contribution in [3.63, 3.8) is 0 Å². The smallest absolute Gasteiger partial charge is 0.550 e. The molecule has 0 aromatic heterocycles. The molecule has 0 amide bonds. The molecule has 4 aliphatic carbocycles. The van der Waals surface area contributed by atoms with Crippen molar-refractivity contribution in [1.82, 2.24) is 0 Å². The van der Waals surface area contributed by atoms with E-state index >= 15 is 0 Å². The van der Waals surface area contributed by atoms with E-state index in [2.05, 4.69) is 13.8 Å². The summed E-state index contributed by atoms with van der Waals surface area (Å²) in [5, 5.41) is 82.0. The molecule has 348 valence electrons. The van der Waals surface area contributed by atoms with Crippen LogP contribution < -0.4 is 10.2 Å². The third kappa shape index (κ3) is 18.0. The second kappa shape index (κ2) is 27.4. The molecule has 6 N–H and O–H groups in total. The fraction of sp³-hybridized carbons (Fsp3) is 0.913. The Morgan fingerprint density at radius 3 is 1.25 bits per heavy atom. The number of aliphatic hydroxyl groups is 6. The Morgan fingerprint density at radius 2 is 0.934 bits per heavy atom. The number of hydrogen-bond donors (Lipinski definition) is 6. The summed E-state index contributed by atoms with van der Waals surface area (Å²) in [4.78, 5) is 46.1. The predicted molar refractivity (Wildman–Crippen MR) is 224 cm³/mol. The van der Waals surface area contributed by atoms with Gasteiger partial charge < -0.3 is 59.9 Å². The van der Waals surface area contributed by atoms with Crippen LogP contribution in [0.25, 0.3) is 0 Å².